The zero-order valence-electron chi connectivity index (χ0n) is 15.5. The van der Waals surface area contributed by atoms with Crippen LogP contribution in [-0.4, -0.2) is 52.4 Å². The Morgan fingerprint density at radius 3 is 3.04 bits per heavy atom. The Kier molecular flexibility index (Phi) is 4.40. The van der Waals surface area contributed by atoms with Gasteiger partial charge < -0.3 is 10.1 Å². The summed E-state index contributed by atoms with van der Waals surface area (Å²) in [5.41, 5.74) is 2.67. The van der Waals surface area contributed by atoms with E-state index in [1.807, 2.05) is 18.2 Å². The van der Waals surface area contributed by atoms with Crippen LogP contribution in [0.25, 0.3) is 22.2 Å². The monoisotopic (exact) mass is 382 g/mol. The molecule has 1 saturated heterocycles. The minimum Gasteiger partial charge on any atom is -0.381 e. The summed E-state index contributed by atoms with van der Waals surface area (Å²) in [6.45, 7) is 2.56. The van der Waals surface area contributed by atoms with Crippen LogP contribution < -0.4 is 10.2 Å². The first-order valence-electron chi connectivity index (χ1n) is 9.70. The minimum absolute atomic E-state index is 0. The van der Waals surface area contributed by atoms with Crippen molar-refractivity contribution in [2.24, 2.45) is 5.92 Å². The van der Waals surface area contributed by atoms with Gasteiger partial charge in [0.05, 0.1) is 30.1 Å². The Bertz CT molecular complexity index is 1020. The van der Waals surface area contributed by atoms with E-state index in [0.717, 1.165) is 54.6 Å². The summed E-state index contributed by atoms with van der Waals surface area (Å²) in [5, 5.41) is 11.1. The molecule has 5 rings (SSSR count). The quantitative estimate of drug-likeness (QED) is 0.720. The molecular weight excluding hydrogens is 356 g/mol. The second-order valence-corrected chi connectivity index (χ2v) is 7.34. The van der Waals surface area contributed by atoms with Crippen LogP contribution in [-0.2, 0) is 9.53 Å². The topological polar surface area (TPSA) is 96.0 Å². The number of fused-ring (bicyclic) bond motifs is 2. The molecule has 3 aromatic rings. The number of anilines is 2. The van der Waals surface area contributed by atoms with E-state index >= 15 is 0 Å². The van der Waals surface area contributed by atoms with E-state index in [0.29, 0.717) is 24.1 Å². The molecule has 4 heterocycles. The molecule has 0 unspecified atom stereocenters. The third kappa shape index (κ3) is 3.20. The van der Waals surface area contributed by atoms with Gasteiger partial charge in [0.25, 0.3) is 0 Å². The summed E-state index contributed by atoms with van der Waals surface area (Å²) in [5.74, 6) is 1.92. The van der Waals surface area contributed by atoms with Crippen molar-refractivity contribution in [1.29, 1.82) is 0 Å². The fourth-order valence-electron chi connectivity index (χ4n) is 3.88. The summed E-state index contributed by atoms with van der Waals surface area (Å²) < 4.78 is 5.44. The molecule has 0 aliphatic carbocycles. The summed E-state index contributed by atoms with van der Waals surface area (Å²) in [4.78, 5) is 23.7. The predicted molar refractivity (Wildman–Crippen MR) is 110 cm³/mol. The molecule has 2 aliphatic rings. The molecule has 28 heavy (non-hydrogen) atoms. The van der Waals surface area contributed by atoms with Gasteiger partial charge in [-0.05, 0) is 37.3 Å². The molecule has 0 atom stereocenters. The number of nitrogens with one attached hydrogen (secondary N) is 2. The minimum atomic E-state index is 0. The smallest absolute Gasteiger partial charge is 0.247 e. The van der Waals surface area contributed by atoms with Crippen LogP contribution >= 0.6 is 0 Å². The SMILES string of the molecule is O=C1CNc2ncc(-c3ccc4[nH]ncc4c3)nc2N1CCC1CCOCC1.[HH].[HH]. The molecule has 2 N–H and O–H groups in total. The zero-order valence-corrected chi connectivity index (χ0v) is 15.5. The van der Waals surface area contributed by atoms with E-state index in [1.54, 1.807) is 17.3 Å². The third-order valence-electron chi connectivity index (χ3n) is 5.56. The van der Waals surface area contributed by atoms with Crippen LogP contribution in [0.2, 0.25) is 0 Å². The lowest BCUT2D eigenvalue weighted by atomic mass is 9.96. The van der Waals surface area contributed by atoms with Gasteiger partial charge in [-0.3, -0.25) is 14.8 Å². The molecule has 8 nitrogen and oxygen atoms in total. The number of amides is 1. The second-order valence-electron chi connectivity index (χ2n) is 7.34. The third-order valence-corrected chi connectivity index (χ3v) is 5.56. The van der Waals surface area contributed by atoms with Gasteiger partial charge in [-0.1, -0.05) is 6.07 Å². The highest BCUT2D eigenvalue weighted by molar-refractivity contribution is 6.01. The van der Waals surface area contributed by atoms with Gasteiger partial charge in [-0.25, -0.2) is 9.97 Å². The molecule has 0 radical (unpaired) electrons. The number of ether oxygens (including phenoxy) is 1. The summed E-state index contributed by atoms with van der Waals surface area (Å²) in [6.07, 6.45) is 6.62. The van der Waals surface area contributed by atoms with E-state index in [9.17, 15) is 4.79 Å². The van der Waals surface area contributed by atoms with Crippen molar-refractivity contribution >= 4 is 28.4 Å². The number of rotatable bonds is 4. The first kappa shape index (κ1) is 17.1. The molecule has 1 aromatic carbocycles. The summed E-state index contributed by atoms with van der Waals surface area (Å²) in [7, 11) is 0. The fraction of sp³-hybridized carbons (Fsp3) is 0.400. The van der Waals surface area contributed by atoms with Crippen LogP contribution in [0.5, 0.6) is 0 Å². The summed E-state index contributed by atoms with van der Waals surface area (Å²) >= 11 is 0. The number of H-pyrrole nitrogens is 1. The highest BCUT2D eigenvalue weighted by Crippen LogP contribution is 2.30. The lowest BCUT2D eigenvalue weighted by Gasteiger charge is -2.30. The van der Waals surface area contributed by atoms with Crippen molar-refractivity contribution in [3.63, 3.8) is 0 Å². The van der Waals surface area contributed by atoms with Crippen LogP contribution in [0, 0.1) is 5.92 Å². The van der Waals surface area contributed by atoms with Gasteiger partial charge in [0.15, 0.2) is 11.6 Å². The molecule has 2 aromatic heterocycles. The van der Waals surface area contributed by atoms with Crippen LogP contribution in [0.3, 0.4) is 0 Å². The average Bonchev–Trinajstić information content (AvgIpc) is 3.21. The van der Waals surface area contributed by atoms with E-state index < -0.39 is 0 Å². The molecule has 2 aliphatic heterocycles. The van der Waals surface area contributed by atoms with Crippen molar-refractivity contribution in [3.8, 4) is 11.3 Å². The van der Waals surface area contributed by atoms with Crippen molar-refractivity contribution < 1.29 is 12.4 Å². The number of benzene rings is 1. The predicted octanol–water partition coefficient (Wildman–Crippen LogP) is 3.09. The zero-order chi connectivity index (χ0) is 18.9. The van der Waals surface area contributed by atoms with E-state index in [2.05, 4.69) is 20.5 Å². The number of hydrogen-bond donors (Lipinski definition) is 2. The van der Waals surface area contributed by atoms with Crippen molar-refractivity contribution in [2.75, 3.05) is 36.5 Å². The largest absolute Gasteiger partial charge is 0.381 e. The number of hydrogen-bond acceptors (Lipinski definition) is 6. The number of aromatic nitrogens is 4. The normalized spacial score (nSPS) is 17.6. The molecule has 8 heteroatoms. The van der Waals surface area contributed by atoms with Gasteiger partial charge in [0.1, 0.15) is 0 Å². The second kappa shape index (κ2) is 7.20. The van der Waals surface area contributed by atoms with Crippen LogP contribution in [0.4, 0.5) is 11.6 Å². The standard InChI is InChI=1S/C20H22N6O2.2H2/c27-18-12-22-19-20(26(18)6-3-13-4-7-28-8-5-13)24-17(11-21-19)14-1-2-16-15(9-14)10-23-25-16;;/h1-2,9-11,13H,3-8,12H2,(H,21,22)(H,23,25);2*1H. The Labute approximate surface area is 165 Å². The van der Waals surface area contributed by atoms with E-state index in [-0.39, 0.29) is 15.3 Å². The molecule has 0 saturated carbocycles. The van der Waals surface area contributed by atoms with Crippen molar-refractivity contribution in [3.05, 3.63) is 30.6 Å². The maximum atomic E-state index is 12.6. The van der Waals surface area contributed by atoms with E-state index in [4.69, 9.17) is 9.72 Å². The molecular formula is C20H26N6O2. The molecule has 1 fully saturated rings. The highest BCUT2D eigenvalue weighted by Gasteiger charge is 2.28. The average molecular weight is 382 g/mol. The van der Waals surface area contributed by atoms with Gasteiger partial charge in [0.2, 0.25) is 5.91 Å². The van der Waals surface area contributed by atoms with Gasteiger partial charge in [0, 0.05) is 33.6 Å². The fourth-order valence-corrected chi connectivity index (χ4v) is 3.88. The van der Waals surface area contributed by atoms with Gasteiger partial charge in [-0.2, -0.15) is 5.10 Å². The first-order valence-corrected chi connectivity index (χ1v) is 9.70. The van der Waals surface area contributed by atoms with E-state index in [1.165, 1.54) is 0 Å². The summed E-state index contributed by atoms with van der Waals surface area (Å²) in [6, 6.07) is 5.99. The van der Waals surface area contributed by atoms with Crippen LogP contribution in [0.15, 0.2) is 30.6 Å². The number of aromatic amines is 1. The number of carbonyl (C=O) groups is 1. The maximum absolute atomic E-state index is 12.6. The lowest BCUT2D eigenvalue weighted by molar-refractivity contribution is -0.117. The van der Waals surface area contributed by atoms with Gasteiger partial charge in [-0.15, -0.1) is 0 Å². The molecule has 148 valence electrons. The number of nitrogens with zero attached hydrogens (tertiary/aromatic N) is 4. The molecule has 0 bridgehead atoms. The van der Waals surface area contributed by atoms with Crippen molar-refractivity contribution in [2.45, 2.75) is 19.3 Å². The Balaban J connectivity index is 0.00000128. The lowest BCUT2D eigenvalue weighted by Crippen LogP contribution is -2.42. The molecule has 1 amide bonds. The first-order chi connectivity index (χ1) is 13.8. The maximum Gasteiger partial charge on any atom is 0.247 e. The van der Waals surface area contributed by atoms with Crippen molar-refractivity contribution in [1.82, 2.24) is 20.2 Å². The highest BCUT2D eigenvalue weighted by atomic mass is 16.5. The Morgan fingerprint density at radius 1 is 1.25 bits per heavy atom. The Morgan fingerprint density at radius 2 is 2.14 bits per heavy atom. The van der Waals surface area contributed by atoms with Crippen LogP contribution in [0.1, 0.15) is 22.1 Å². The molecule has 0 spiro atoms. The Hall–Kier alpha value is -3.00. The number of carbonyl (C=O) groups excluding carboxylic acids is 1. The van der Waals surface area contributed by atoms with Gasteiger partial charge >= 0.3 is 0 Å².